The predicted molar refractivity (Wildman–Crippen MR) is 37.7 cm³/mol. The standard InChI is InChI=1S/C7H14N2/c1-3-5-7(9,4-2)6-8/h3-5,9H2,1-2H3. The molecule has 0 amide bonds. The molecule has 0 aliphatic heterocycles. The lowest BCUT2D eigenvalue weighted by atomic mass is 9.94. The summed E-state index contributed by atoms with van der Waals surface area (Å²) >= 11 is 0. The second-order valence-electron chi connectivity index (χ2n) is 2.37. The van der Waals surface area contributed by atoms with E-state index in [4.69, 9.17) is 11.0 Å². The first-order chi connectivity index (χ1) is 4.18. The van der Waals surface area contributed by atoms with Crippen LogP contribution in [0.15, 0.2) is 0 Å². The van der Waals surface area contributed by atoms with Gasteiger partial charge in [-0.25, -0.2) is 0 Å². The summed E-state index contributed by atoms with van der Waals surface area (Å²) < 4.78 is 0. The number of nitrogens with two attached hydrogens (primary N) is 1. The van der Waals surface area contributed by atoms with Crippen LogP contribution in [0.5, 0.6) is 0 Å². The molecule has 0 fully saturated rings. The molecule has 2 heteroatoms. The maximum Gasteiger partial charge on any atom is 0.104 e. The zero-order valence-corrected chi connectivity index (χ0v) is 6.15. The summed E-state index contributed by atoms with van der Waals surface area (Å²) in [6.07, 6.45) is 2.54. The van der Waals surface area contributed by atoms with Crippen molar-refractivity contribution in [3.05, 3.63) is 0 Å². The van der Waals surface area contributed by atoms with Crippen LogP contribution in [0.3, 0.4) is 0 Å². The molecule has 0 saturated carbocycles. The van der Waals surface area contributed by atoms with E-state index < -0.39 is 5.54 Å². The fourth-order valence-corrected chi connectivity index (χ4v) is 0.758. The number of nitrogens with zero attached hydrogens (tertiary/aromatic N) is 1. The fraction of sp³-hybridized carbons (Fsp3) is 0.857. The van der Waals surface area contributed by atoms with Crippen molar-refractivity contribution in [1.29, 1.82) is 5.26 Å². The maximum atomic E-state index is 8.54. The highest BCUT2D eigenvalue weighted by Gasteiger charge is 2.19. The van der Waals surface area contributed by atoms with Crippen LogP contribution in [0.2, 0.25) is 0 Å². The van der Waals surface area contributed by atoms with Crippen molar-refractivity contribution in [3.63, 3.8) is 0 Å². The van der Waals surface area contributed by atoms with E-state index in [9.17, 15) is 0 Å². The number of nitriles is 1. The first-order valence-corrected chi connectivity index (χ1v) is 3.38. The van der Waals surface area contributed by atoms with E-state index in [2.05, 4.69) is 6.07 Å². The molecule has 1 atom stereocenters. The van der Waals surface area contributed by atoms with Gasteiger partial charge in [0.25, 0.3) is 0 Å². The van der Waals surface area contributed by atoms with Crippen LogP contribution in [-0.4, -0.2) is 5.54 Å². The summed E-state index contributed by atoms with van der Waals surface area (Å²) in [5, 5.41) is 8.54. The zero-order valence-electron chi connectivity index (χ0n) is 6.15. The SMILES string of the molecule is CCCC(N)(C#N)CC. The molecule has 0 spiro atoms. The molecule has 2 N–H and O–H groups in total. The Hall–Kier alpha value is -0.550. The van der Waals surface area contributed by atoms with Gasteiger partial charge >= 0.3 is 0 Å². The van der Waals surface area contributed by atoms with Crippen LogP contribution in [-0.2, 0) is 0 Å². The van der Waals surface area contributed by atoms with Gasteiger partial charge in [-0.3, -0.25) is 0 Å². The van der Waals surface area contributed by atoms with Gasteiger partial charge < -0.3 is 5.73 Å². The van der Waals surface area contributed by atoms with E-state index in [-0.39, 0.29) is 0 Å². The Morgan fingerprint density at radius 1 is 1.56 bits per heavy atom. The minimum absolute atomic E-state index is 0.561. The molecule has 0 aliphatic carbocycles. The molecule has 2 nitrogen and oxygen atoms in total. The van der Waals surface area contributed by atoms with E-state index >= 15 is 0 Å². The molecule has 0 bridgehead atoms. The molecule has 0 radical (unpaired) electrons. The third kappa shape index (κ3) is 2.48. The van der Waals surface area contributed by atoms with Gasteiger partial charge in [-0.05, 0) is 12.8 Å². The van der Waals surface area contributed by atoms with Crippen LogP contribution in [0.25, 0.3) is 0 Å². The lowest BCUT2D eigenvalue weighted by molar-refractivity contribution is 0.476. The molecule has 1 unspecified atom stereocenters. The first kappa shape index (κ1) is 8.45. The Morgan fingerprint density at radius 2 is 2.11 bits per heavy atom. The van der Waals surface area contributed by atoms with Crippen molar-refractivity contribution in [2.75, 3.05) is 0 Å². The Balaban J connectivity index is 3.81. The lowest BCUT2D eigenvalue weighted by Gasteiger charge is -2.17. The average Bonchev–Trinajstić information content (AvgIpc) is 1.89. The Morgan fingerprint density at radius 3 is 2.22 bits per heavy atom. The Labute approximate surface area is 56.7 Å². The van der Waals surface area contributed by atoms with E-state index in [0.717, 1.165) is 19.3 Å². The summed E-state index contributed by atoms with van der Waals surface area (Å²) in [6.45, 7) is 3.98. The van der Waals surface area contributed by atoms with Gasteiger partial charge in [0.1, 0.15) is 5.54 Å². The third-order valence-corrected chi connectivity index (χ3v) is 1.55. The predicted octanol–water partition coefficient (Wildman–Crippen LogP) is 1.42. The molecule has 0 aromatic heterocycles. The van der Waals surface area contributed by atoms with E-state index in [1.807, 2.05) is 13.8 Å². The Bertz CT molecular complexity index is 115. The van der Waals surface area contributed by atoms with Crippen molar-refractivity contribution < 1.29 is 0 Å². The van der Waals surface area contributed by atoms with Gasteiger partial charge in [-0.15, -0.1) is 0 Å². The highest BCUT2D eigenvalue weighted by Crippen LogP contribution is 2.11. The normalized spacial score (nSPS) is 16.2. The highest BCUT2D eigenvalue weighted by molar-refractivity contribution is 5.02. The van der Waals surface area contributed by atoms with Gasteiger partial charge in [-0.2, -0.15) is 5.26 Å². The largest absolute Gasteiger partial charge is 0.313 e. The second-order valence-corrected chi connectivity index (χ2v) is 2.37. The van der Waals surface area contributed by atoms with E-state index in [0.29, 0.717) is 0 Å². The smallest absolute Gasteiger partial charge is 0.104 e. The van der Waals surface area contributed by atoms with Gasteiger partial charge in [0, 0.05) is 0 Å². The molecule has 52 valence electrons. The Kier molecular flexibility index (Phi) is 3.26. The lowest BCUT2D eigenvalue weighted by Crippen LogP contribution is -2.36. The minimum atomic E-state index is -0.561. The van der Waals surface area contributed by atoms with Gasteiger partial charge in [0.05, 0.1) is 6.07 Å². The van der Waals surface area contributed by atoms with Crippen LogP contribution < -0.4 is 5.73 Å². The van der Waals surface area contributed by atoms with E-state index in [1.54, 1.807) is 0 Å². The number of hydrogen-bond acceptors (Lipinski definition) is 2. The summed E-state index contributed by atoms with van der Waals surface area (Å²) in [4.78, 5) is 0. The number of hydrogen-bond donors (Lipinski definition) is 1. The van der Waals surface area contributed by atoms with Crippen LogP contribution >= 0.6 is 0 Å². The average molecular weight is 126 g/mol. The third-order valence-electron chi connectivity index (χ3n) is 1.55. The van der Waals surface area contributed by atoms with Crippen LogP contribution in [0.4, 0.5) is 0 Å². The highest BCUT2D eigenvalue weighted by atomic mass is 14.7. The van der Waals surface area contributed by atoms with Crippen molar-refractivity contribution in [2.24, 2.45) is 5.73 Å². The summed E-state index contributed by atoms with van der Waals surface area (Å²) in [5.74, 6) is 0. The minimum Gasteiger partial charge on any atom is -0.313 e. The van der Waals surface area contributed by atoms with Crippen molar-refractivity contribution in [3.8, 4) is 6.07 Å². The van der Waals surface area contributed by atoms with Crippen molar-refractivity contribution in [2.45, 2.75) is 38.6 Å². The summed E-state index contributed by atoms with van der Waals surface area (Å²) in [6, 6.07) is 2.11. The topological polar surface area (TPSA) is 49.8 Å². The molecule has 0 aromatic rings. The molecule has 0 aromatic carbocycles. The number of rotatable bonds is 3. The quantitative estimate of drug-likeness (QED) is 0.621. The van der Waals surface area contributed by atoms with Crippen LogP contribution in [0.1, 0.15) is 33.1 Å². The molecule has 0 aliphatic rings. The first-order valence-electron chi connectivity index (χ1n) is 3.38. The molecule has 0 rings (SSSR count). The van der Waals surface area contributed by atoms with Gasteiger partial charge in [0.15, 0.2) is 0 Å². The maximum absolute atomic E-state index is 8.54. The zero-order chi connectivity index (χ0) is 7.33. The molecular formula is C7H14N2. The van der Waals surface area contributed by atoms with Gasteiger partial charge in [-0.1, -0.05) is 20.3 Å². The molecule has 0 heterocycles. The molecule has 9 heavy (non-hydrogen) atoms. The monoisotopic (exact) mass is 126 g/mol. The molecular weight excluding hydrogens is 112 g/mol. The van der Waals surface area contributed by atoms with E-state index in [1.165, 1.54) is 0 Å². The second kappa shape index (κ2) is 3.47. The molecule has 0 saturated heterocycles. The van der Waals surface area contributed by atoms with Crippen LogP contribution in [0, 0.1) is 11.3 Å². The van der Waals surface area contributed by atoms with Crippen molar-refractivity contribution in [1.82, 2.24) is 0 Å². The van der Waals surface area contributed by atoms with Crippen molar-refractivity contribution >= 4 is 0 Å². The summed E-state index contributed by atoms with van der Waals surface area (Å²) in [7, 11) is 0. The summed E-state index contributed by atoms with van der Waals surface area (Å²) in [5.41, 5.74) is 5.09. The van der Waals surface area contributed by atoms with Gasteiger partial charge in [0.2, 0.25) is 0 Å². The fourth-order valence-electron chi connectivity index (χ4n) is 0.758.